The second-order valence-electron chi connectivity index (χ2n) is 10.6. The standard InChI is InChI=1S/C38H34N2/c1-2-28-39(27-1)37-23-19-35(20-24-37)17-15-33-11-7-31(8-12-33)5-6-32-9-13-34(14-10-32)16-18-36-21-25-38(26-22-36)40-29-3-4-30-40/h5-14,19-26H,1-4,27-30H2. The molecule has 196 valence electrons. The zero-order valence-electron chi connectivity index (χ0n) is 22.9. The zero-order valence-corrected chi connectivity index (χ0v) is 22.9. The van der Waals surface area contributed by atoms with Crippen LogP contribution in [0.4, 0.5) is 11.4 Å². The van der Waals surface area contributed by atoms with Crippen LogP contribution in [-0.2, 0) is 0 Å². The largest absolute Gasteiger partial charge is 0.372 e. The lowest BCUT2D eigenvalue weighted by molar-refractivity contribution is 0.949. The van der Waals surface area contributed by atoms with Crippen molar-refractivity contribution in [2.24, 2.45) is 0 Å². The molecule has 0 amide bonds. The monoisotopic (exact) mass is 518 g/mol. The van der Waals surface area contributed by atoms with Crippen LogP contribution in [0.1, 0.15) is 59.1 Å². The van der Waals surface area contributed by atoms with Crippen molar-refractivity contribution < 1.29 is 0 Å². The van der Waals surface area contributed by atoms with E-state index in [1.54, 1.807) is 0 Å². The van der Waals surface area contributed by atoms with Crippen LogP contribution in [0.2, 0.25) is 0 Å². The van der Waals surface area contributed by atoms with Crippen molar-refractivity contribution in [1.29, 1.82) is 0 Å². The highest BCUT2D eigenvalue weighted by Gasteiger charge is 2.12. The topological polar surface area (TPSA) is 6.48 Å². The molecule has 40 heavy (non-hydrogen) atoms. The summed E-state index contributed by atoms with van der Waals surface area (Å²) in [5.41, 5.74) is 9.07. The van der Waals surface area contributed by atoms with Crippen LogP contribution in [0.3, 0.4) is 0 Å². The van der Waals surface area contributed by atoms with Gasteiger partial charge in [-0.3, -0.25) is 0 Å². The van der Waals surface area contributed by atoms with Crippen LogP contribution < -0.4 is 9.80 Å². The molecule has 0 aromatic heterocycles. The van der Waals surface area contributed by atoms with Gasteiger partial charge in [0.2, 0.25) is 0 Å². The molecule has 2 heterocycles. The van der Waals surface area contributed by atoms with Crippen molar-refractivity contribution in [1.82, 2.24) is 0 Å². The number of nitrogens with zero attached hydrogens (tertiary/aromatic N) is 2. The van der Waals surface area contributed by atoms with E-state index in [9.17, 15) is 0 Å². The van der Waals surface area contributed by atoms with Gasteiger partial charge in [0, 0.05) is 59.8 Å². The van der Waals surface area contributed by atoms with Gasteiger partial charge in [0.25, 0.3) is 0 Å². The van der Waals surface area contributed by atoms with E-state index in [0.717, 1.165) is 33.4 Å². The Balaban J connectivity index is 1.03. The fourth-order valence-corrected chi connectivity index (χ4v) is 5.30. The van der Waals surface area contributed by atoms with Gasteiger partial charge < -0.3 is 9.80 Å². The first-order chi connectivity index (χ1) is 19.8. The molecule has 6 rings (SSSR count). The Morgan fingerprint density at radius 1 is 0.375 bits per heavy atom. The summed E-state index contributed by atoms with van der Waals surface area (Å²) in [5.74, 6) is 13.2. The van der Waals surface area contributed by atoms with E-state index in [1.165, 1.54) is 63.2 Å². The molecule has 2 heteroatoms. The summed E-state index contributed by atoms with van der Waals surface area (Å²) in [6.45, 7) is 4.67. The number of rotatable bonds is 4. The first-order valence-electron chi connectivity index (χ1n) is 14.4. The lowest BCUT2D eigenvalue weighted by Crippen LogP contribution is -2.17. The van der Waals surface area contributed by atoms with Gasteiger partial charge in [0.05, 0.1) is 0 Å². The summed E-state index contributed by atoms with van der Waals surface area (Å²) in [6.07, 6.45) is 9.45. The minimum absolute atomic E-state index is 1.02. The Bertz CT molecular complexity index is 1440. The van der Waals surface area contributed by atoms with E-state index in [4.69, 9.17) is 0 Å². The molecule has 2 aliphatic heterocycles. The van der Waals surface area contributed by atoms with Gasteiger partial charge in [-0.25, -0.2) is 0 Å². The first kappa shape index (κ1) is 25.6. The van der Waals surface area contributed by atoms with E-state index >= 15 is 0 Å². The maximum atomic E-state index is 3.30. The maximum Gasteiger partial charge on any atom is 0.0367 e. The maximum absolute atomic E-state index is 3.30. The molecule has 2 aliphatic rings. The van der Waals surface area contributed by atoms with E-state index in [-0.39, 0.29) is 0 Å². The highest BCUT2D eigenvalue weighted by atomic mass is 15.1. The van der Waals surface area contributed by atoms with Crippen molar-refractivity contribution in [3.8, 4) is 23.7 Å². The third-order valence-corrected chi connectivity index (χ3v) is 7.67. The predicted molar refractivity (Wildman–Crippen MR) is 170 cm³/mol. The molecule has 0 radical (unpaired) electrons. The fourth-order valence-electron chi connectivity index (χ4n) is 5.30. The molecule has 0 atom stereocenters. The number of hydrogen-bond donors (Lipinski definition) is 0. The molecular formula is C38H34N2. The molecule has 0 aliphatic carbocycles. The van der Waals surface area contributed by atoms with Crippen LogP contribution in [0.25, 0.3) is 12.2 Å². The quantitative estimate of drug-likeness (QED) is 0.200. The minimum Gasteiger partial charge on any atom is -0.372 e. The number of anilines is 2. The lowest BCUT2D eigenvalue weighted by atomic mass is 10.1. The number of hydrogen-bond acceptors (Lipinski definition) is 2. The van der Waals surface area contributed by atoms with Crippen LogP contribution in [0, 0.1) is 23.7 Å². The van der Waals surface area contributed by atoms with Crippen molar-refractivity contribution in [3.05, 3.63) is 130 Å². The SMILES string of the molecule is C(#Cc1ccc(N2CCCC2)cc1)c1ccc(C=Cc2ccc(C#Cc3ccc(N4CCCC4)cc3)cc2)cc1. The van der Waals surface area contributed by atoms with Gasteiger partial charge in [-0.05, 0) is 110 Å². The summed E-state index contributed by atoms with van der Waals surface area (Å²) < 4.78 is 0. The first-order valence-corrected chi connectivity index (χ1v) is 14.4. The van der Waals surface area contributed by atoms with Crippen molar-refractivity contribution in [2.75, 3.05) is 36.0 Å². The summed E-state index contributed by atoms with van der Waals surface area (Å²) in [4.78, 5) is 4.89. The van der Waals surface area contributed by atoms with Crippen LogP contribution >= 0.6 is 0 Å². The highest BCUT2D eigenvalue weighted by molar-refractivity contribution is 5.70. The summed E-state index contributed by atoms with van der Waals surface area (Å²) in [5, 5.41) is 0. The van der Waals surface area contributed by atoms with Gasteiger partial charge in [0.15, 0.2) is 0 Å². The smallest absolute Gasteiger partial charge is 0.0367 e. The van der Waals surface area contributed by atoms with E-state index in [2.05, 4.69) is 143 Å². The molecule has 2 fully saturated rings. The molecule has 0 spiro atoms. The van der Waals surface area contributed by atoms with Gasteiger partial charge in [-0.1, -0.05) is 60.1 Å². The molecule has 0 unspecified atom stereocenters. The third kappa shape index (κ3) is 6.66. The molecule has 0 N–H and O–H groups in total. The van der Waals surface area contributed by atoms with Crippen molar-refractivity contribution >= 4 is 23.5 Å². The van der Waals surface area contributed by atoms with Gasteiger partial charge in [-0.2, -0.15) is 0 Å². The molecule has 0 bridgehead atoms. The van der Waals surface area contributed by atoms with Gasteiger partial charge >= 0.3 is 0 Å². The molecule has 4 aromatic rings. The number of benzene rings is 4. The second-order valence-corrected chi connectivity index (χ2v) is 10.6. The minimum atomic E-state index is 1.02. The average Bonchev–Trinajstić information content (AvgIpc) is 3.75. The summed E-state index contributed by atoms with van der Waals surface area (Å²) in [6, 6.07) is 34.1. The van der Waals surface area contributed by atoms with Crippen molar-refractivity contribution in [2.45, 2.75) is 25.7 Å². The van der Waals surface area contributed by atoms with Gasteiger partial charge in [-0.15, -0.1) is 0 Å². The lowest BCUT2D eigenvalue weighted by Gasteiger charge is -2.17. The van der Waals surface area contributed by atoms with Crippen LogP contribution in [-0.4, -0.2) is 26.2 Å². The van der Waals surface area contributed by atoms with Crippen molar-refractivity contribution in [3.63, 3.8) is 0 Å². The fraction of sp³-hybridized carbons (Fsp3) is 0.211. The van der Waals surface area contributed by atoms with E-state index in [1.807, 2.05) is 0 Å². The molecule has 4 aromatic carbocycles. The average molecular weight is 519 g/mol. The zero-order chi connectivity index (χ0) is 27.0. The Morgan fingerprint density at radius 2 is 0.650 bits per heavy atom. The Labute approximate surface area is 239 Å². The highest BCUT2D eigenvalue weighted by Crippen LogP contribution is 2.21. The normalized spacial score (nSPS) is 14.6. The van der Waals surface area contributed by atoms with Gasteiger partial charge in [0.1, 0.15) is 0 Å². The van der Waals surface area contributed by atoms with Crippen LogP contribution in [0.5, 0.6) is 0 Å². The molecule has 2 saturated heterocycles. The predicted octanol–water partition coefficient (Wildman–Crippen LogP) is 7.86. The Morgan fingerprint density at radius 3 is 0.950 bits per heavy atom. The molecular weight excluding hydrogens is 484 g/mol. The van der Waals surface area contributed by atoms with E-state index in [0.29, 0.717) is 0 Å². The second kappa shape index (κ2) is 12.5. The summed E-state index contributed by atoms with van der Waals surface area (Å²) in [7, 11) is 0. The Kier molecular flexibility index (Phi) is 7.98. The van der Waals surface area contributed by atoms with E-state index < -0.39 is 0 Å². The molecule has 0 saturated carbocycles. The molecule has 2 nitrogen and oxygen atoms in total. The summed E-state index contributed by atoms with van der Waals surface area (Å²) >= 11 is 0. The third-order valence-electron chi connectivity index (χ3n) is 7.67. The van der Waals surface area contributed by atoms with Crippen LogP contribution in [0.15, 0.2) is 97.1 Å². The Hall–Kier alpha value is -4.66.